The number of phosphoric ester groups is 3. The SMILES string of the molecule is CC(C)CCC[C@@H](C)/C=C/C(=O)SCCNC(=O)CCNC(=O)[C@H](O)C(C)(C)COP(=O)(O)OP(=O)(O)OC[C@H]1O[C@@H](n2cnc3c(N)ncnc32)[C@H](O)[C@@H]1OP(=O)(O)O. The summed E-state index contributed by atoms with van der Waals surface area (Å²) in [6.45, 7) is 6.87. The molecule has 0 bridgehead atoms. The molecule has 2 unspecified atom stereocenters. The van der Waals surface area contributed by atoms with Gasteiger partial charge in [-0.1, -0.05) is 65.3 Å². The maximum absolute atomic E-state index is 12.7. The molecule has 3 heterocycles. The second-order valence-corrected chi connectivity index (χ2v) is 20.2. The molecule has 0 aromatic carbocycles. The summed E-state index contributed by atoms with van der Waals surface area (Å²) in [6.07, 6.45) is -0.293. The number of anilines is 1. The number of fused-ring (bicyclic) bond motifs is 1. The normalized spacial score (nSPS) is 21.8. The van der Waals surface area contributed by atoms with Crippen LogP contribution in [0.2, 0.25) is 0 Å². The smallest absolute Gasteiger partial charge is 0.386 e. The van der Waals surface area contributed by atoms with Crippen molar-refractivity contribution in [3.05, 3.63) is 24.8 Å². The lowest BCUT2D eigenvalue weighted by Crippen LogP contribution is -2.46. The quantitative estimate of drug-likeness (QED) is 0.0388. The number of thioether (sulfide) groups is 1. The first kappa shape index (κ1) is 51.6. The molecule has 1 aliphatic heterocycles. The van der Waals surface area contributed by atoms with Gasteiger partial charge in [-0.2, -0.15) is 4.31 Å². The van der Waals surface area contributed by atoms with Gasteiger partial charge in [0.1, 0.15) is 36.3 Å². The number of carbonyl (C=O) groups excluding carboxylic acids is 3. The summed E-state index contributed by atoms with van der Waals surface area (Å²) in [5.74, 6) is -0.207. The number of nitrogens with zero attached hydrogens (tertiary/aromatic N) is 4. The van der Waals surface area contributed by atoms with Crippen LogP contribution < -0.4 is 16.4 Å². The minimum atomic E-state index is -5.57. The number of hydrogen-bond acceptors (Lipinski definition) is 18. The van der Waals surface area contributed by atoms with Crippen molar-refractivity contribution in [2.24, 2.45) is 17.3 Å². The molecule has 0 aliphatic carbocycles. The summed E-state index contributed by atoms with van der Waals surface area (Å²) >= 11 is 1.05. The van der Waals surface area contributed by atoms with E-state index in [0.29, 0.717) is 11.7 Å². The zero-order chi connectivity index (χ0) is 45.1. The van der Waals surface area contributed by atoms with Gasteiger partial charge in [0.25, 0.3) is 0 Å². The van der Waals surface area contributed by atoms with E-state index in [2.05, 4.69) is 55.2 Å². The summed E-state index contributed by atoms with van der Waals surface area (Å²) in [4.78, 5) is 88.0. The number of carbonyl (C=O) groups is 3. The number of nitrogens with two attached hydrogens (primary N) is 1. The van der Waals surface area contributed by atoms with Crippen LogP contribution in [0.25, 0.3) is 11.2 Å². The van der Waals surface area contributed by atoms with E-state index < -0.39 is 84.6 Å². The Morgan fingerprint density at radius 1 is 1.03 bits per heavy atom. The lowest BCUT2D eigenvalue weighted by atomic mass is 9.87. The van der Waals surface area contributed by atoms with Gasteiger partial charge in [-0.05, 0) is 24.3 Å². The van der Waals surface area contributed by atoms with Crippen LogP contribution in [0.1, 0.15) is 66.5 Å². The number of nitrogens with one attached hydrogen (secondary N) is 2. The van der Waals surface area contributed by atoms with Crippen LogP contribution in [-0.2, 0) is 50.7 Å². The Morgan fingerprint density at radius 3 is 2.38 bits per heavy atom. The molecule has 2 aromatic rings. The molecule has 2 aromatic heterocycles. The van der Waals surface area contributed by atoms with Gasteiger partial charge in [-0.15, -0.1) is 0 Å². The number of ether oxygens (including phenoxy) is 1. The van der Waals surface area contributed by atoms with Crippen molar-refractivity contribution >= 4 is 69.1 Å². The van der Waals surface area contributed by atoms with E-state index in [1.807, 2.05) is 6.08 Å². The molecule has 340 valence electrons. The van der Waals surface area contributed by atoms with E-state index in [0.717, 1.165) is 48.2 Å². The molecule has 1 saturated heterocycles. The lowest BCUT2D eigenvalue weighted by Gasteiger charge is -2.30. The average Bonchev–Trinajstić information content (AvgIpc) is 3.70. The first-order valence-corrected chi connectivity index (χ1v) is 24.1. The van der Waals surface area contributed by atoms with Crippen LogP contribution in [-0.4, -0.2) is 123 Å². The Morgan fingerprint density at radius 2 is 1.72 bits per heavy atom. The number of allylic oxidation sites excluding steroid dienone is 1. The number of imidazole rings is 1. The van der Waals surface area contributed by atoms with Gasteiger partial charge in [0.05, 0.1) is 19.5 Å². The zero-order valence-electron chi connectivity index (χ0n) is 33.5. The Kier molecular flexibility index (Phi) is 19.4. The zero-order valence-corrected chi connectivity index (χ0v) is 37.0. The molecule has 3 rings (SSSR count). The van der Waals surface area contributed by atoms with E-state index in [-0.39, 0.29) is 47.5 Å². The van der Waals surface area contributed by atoms with Crippen molar-refractivity contribution in [2.45, 2.75) is 90.9 Å². The summed E-state index contributed by atoms with van der Waals surface area (Å²) in [5.41, 5.74) is 4.27. The van der Waals surface area contributed by atoms with Crippen molar-refractivity contribution in [3.8, 4) is 0 Å². The van der Waals surface area contributed by atoms with Crippen molar-refractivity contribution in [1.29, 1.82) is 0 Å². The van der Waals surface area contributed by atoms with Crippen LogP contribution in [0.4, 0.5) is 5.82 Å². The molecule has 0 saturated carbocycles. The van der Waals surface area contributed by atoms with Crippen molar-refractivity contribution < 1.29 is 80.5 Å². The molecule has 10 N–H and O–H groups in total. The predicted molar refractivity (Wildman–Crippen MR) is 214 cm³/mol. The fourth-order valence-electron chi connectivity index (χ4n) is 5.52. The van der Waals surface area contributed by atoms with Crippen molar-refractivity contribution in [3.63, 3.8) is 0 Å². The highest BCUT2D eigenvalue weighted by atomic mass is 32.2. The summed E-state index contributed by atoms with van der Waals surface area (Å²) in [5, 5.41) is 26.3. The van der Waals surface area contributed by atoms with Gasteiger partial charge >= 0.3 is 23.5 Å². The molecule has 1 fully saturated rings. The van der Waals surface area contributed by atoms with E-state index in [1.165, 1.54) is 19.9 Å². The summed E-state index contributed by atoms with van der Waals surface area (Å²) in [6, 6.07) is 0. The van der Waals surface area contributed by atoms with Crippen LogP contribution in [0.3, 0.4) is 0 Å². The van der Waals surface area contributed by atoms with Gasteiger partial charge in [0.15, 0.2) is 17.7 Å². The van der Waals surface area contributed by atoms with Crippen molar-refractivity contribution in [1.82, 2.24) is 30.2 Å². The number of aliphatic hydroxyl groups is 2. The molecule has 0 spiro atoms. The third-order valence-corrected chi connectivity index (χ3v) is 12.7. The van der Waals surface area contributed by atoms with Crippen molar-refractivity contribution in [2.75, 3.05) is 37.8 Å². The summed E-state index contributed by atoms with van der Waals surface area (Å²) in [7, 11) is -16.4. The highest BCUT2D eigenvalue weighted by Gasteiger charge is 2.50. The molecule has 60 heavy (non-hydrogen) atoms. The minimum Gasteiger partial charge on any atom is -0.386 e. The predicted octanol–water partition coefficient (Wildman–Crippen LogP) is 1.68. The van der Waals surface area contributed by atoms with Crippen LogP contribution in [0.5, 0.6) is 0 Å². The maximum Gasteiger partial charge on any atom is 0.481 e. The van der Waals surface area contributed by atoms with E-state index in [1.54, 1.807) is 0 Å². The molecular weight excluding hydrogens is 879 g/mol. The molecule has 1 aliphatic rings. The fraction of sp³-hybridized carbons (Fsp3) is 0.688. The van der Waals surface area contributed by atoms with Gasteiger partial charge in [-0.25, -0.2) is 28.6 Å². The van der Waals surface area contributed by atoms with Crippen LogP contribution in [0, 0.1) is 17.3 Å². The standard InChI is InChI=1S/C32H54N7O17P3S/c1-19(2)7-6-8-20(3)9-10-23(41)60-14-13-34-22(40)11-12-35-30(44)27(43)32(4,5)16-53-59(50,51)56-58(48,49)52-15-21-26(55-57(45,46)47)25(42)31(54-21)39-18-38-24-28(33)36-17-37-29(24)39/h9-10,17-21,25-27,31,42-43H,6-8,11-16H2,1-5H3,(H,34,40)(H,35,44)(H,48,49)(H,50,51)(H2,33,36,37)(H2,45,46,47)/b10-9+/t20-,21-,25-,26-,27+,31-/m1/s1. The van der Waals surface area contributed by atoms with E-state index in [9.17, 15) is 57.9 Å². The number of rotatable bonds is 25. The molecule has 0 radical (unpaired) electrons. The largest absolute Gasteiger partial charge is 0.481 e. The Balaban J connectivity index is 1.43. The monoisotopic (exact) mass is 933 g/mol. The highest BCUT2D eigenvalue weighted by molar-refractivity contribution is 8.14. The summed E-state index contributed by atoms with van der Waals surface area (Å²) < 4.78 is 62.2. The third-order valence-electron chi connectivity index (χ3n) is 8.75. The average molecular weight is 934 g/mol. The number of nitrogen functional groups attached to an aromatic ring is 1. The number of hydrogen-bond donors (Lipinski definition) is 9. The second kappa shape index (κ2) is 22.6. The second-order valence-electron chi connectivity index (χ2n) is 14.9. The highest BCUT2D eigenvalue weighted by Crippen LogP contribution is 2.61. The topological polar surface area (TPSA) is 364 Å². The molecular formula is C32H54N7O17P3S. The minimum absolute atomic E-state index is 0.0308. The molecule has 2 amide bonds. The number of aliphatic hydroxyl groups excluding tert-OH is 2. The number of aromatic nitrogens is 4. The third kappa shape index (κ3) is 16.9. The Hall–Kier alpha value is -2.70. The lowest BCUT2D eigenvalue weighted by molar-refractivity contribution is -0.137. The van der Waals surface area contributed by atoms with Crippen LogP contribution in [0.15, 0.2) is 24.8 Å². The Labute approximate surface area is 349 Å². The molecule has 8 atom stereocenters. The van der Waals surface area contributed by atoms with E-state index in [4.69, 9.17) is 19.5 Å². The van der Waals surface area contributed by atoms with Gasteiger partial charge < -0.3 is 50.9 Å². The number of phosphoric acid groups is 3. The van der Waals surface area contributed by atoms with Gasteiger partial charge in [-0.3, -0.25) is 32.5 Å². The fourth-order valence-corrected chi connectivity index (χ4v) is 8.93. The molecule has 28 heteroatoms. The van der Waals surface area contributed by atoms with Gasteiger partial charge in [0, 0.05) is 30.7 Å². The maximum atomic E-state index is 12.7. The van der Waals surface area contributed by atoms with Gasteiger partial charge in [0.2, 0.25) is 16.9 Å². The molecule has 24 nitrogen and oxygen atoms in total. The van der Waals surface area contributed by atoms with Crippen LogP contribution >= 0.6 is 35.2 Å². The Bertz CT molecular complexity index is 1950. The number of amides is 2. The first-order chi connectivity index (χ1) is 27.8. The van der Waals surface area contributed by atoms with E-state index >= 15 is 0 Å². The first-order valence-electron chi connectivity index (χ1n) is 18.5.